The molecular weight excluding hydrogens is 430 g/mol. The van der Waals surface area contributed by atoms with Gasteiger partial charge in [-0.25, -0.2) is 0 Å². The number of nitrogen functional groups attached to an aromatic ring is 2. The Hall–Kier alpha value is -4.02. The van der Waals surface area contributed by atoms with Crippen LogP contribution in [0.25, 0.3) is 0 Å². The lowest BCUT2D eigenvalue weighted by Gasteiger charge is -2.27. The van der Waals surface area contributed by atoms with Crippen LogP contribution in [-0.2, 0) is 15.7 Å². The maximum atomic E-state index is 12.1. The molecule has 0 radical (unpaired) electrons. The molecule has 162 valence electrons. The van der Waals surface area contributed by atoms with Crippen LogP contribution in [0, 0.1) is 0 Å². The van der Waals surface area contributed by atoms with E-state index in [2.05, 4.69) is 15.2 Å². The van der Waals surface area contributed by atoms with E-state index in [1.807, 2.05) is 6.07 Å². The van der Waals surface area contributed by atoms with Crippen molar-refractivity contribution in [1.29, 1.82) is 0 Å². The highest BCUT2D eigenvalue weighted by Crippen LogP contribution is 2.43. The van der Waals surface area contributed by atoms with E-state index in [0.29, 0.717) is 16.9 Å². The number of allylic oxidation sites excluding steroid dienone is 1. The Morgan fingerprint density at radius 2 is 1.69 bits per heavy atom. The maximum absolute atomic E-state index is 12.1. The number of aromatic hydroxyl groups is 1. The lowest BCUT2D eigenvalue weighted by Crippen LogP contribution is -2.24. The van der Waals surface area contributed by atoms with Crippen molar-refractivity contribution in [1.82, 2.24) is 0 Å². The molecule has 3 aromatic rings. The quantitative estimate of drug-likeness (QED) is 0.263. The topological polar surface area (TPSA) is 164 Å². The molecule has 1 aliphatic heterocycles. The van der Waals surface area contributed by atoms with Crippen LogP contribution < -0.4 is 11.5 Å². The van der Waals surface area contributed by atoms with E-state index < -0.39 is 15.7 Å². The summed E-state index contributed by atoms with van der Waals surface area (Å²) in [5.41, 5.74) is 12.3. The molecule has 0 saturated heterocycles. The monoisotopic (exact) mass is 449 g/mol. The van der Waals surface area contributed by atoms with Crippen LogP contribution >= 0.6 is 0 Å². The largest absolute Gasteiger partial charge is 0.508 e. The number of nitrogens with two attached hydrogens (primary N) is 2. The van der Waals surface area contributed by atoms with Crippen molar-refractivity contribution in [2.45, 2.75) is 10.4 Å². The van der Waals surface area contributed by atoms with Gasteiger partial charge in [0.25, 0.3) is 10.1 Å². The van der Waals surface area contributed by atoms with Gasteiger partial charge in [-0.3, -0.25) is 9.55 Å². The zero-order chi connectivity index (χ0) is 22.9. The minimum Gasteiger partial charge on any atom is -0.508 e. The van der Waals surface area contributed by atoms with Crippen molar-refractivity contribution in [3.63, 3.8) is 0 Å². The van der Waals surface area contributed by atoms with E-state index in [-0.39, 0.29) is 27.6 Å². The van der Waals surface area contributed by atoms with E-state index in [0.717, 1.165) is 0 Å². The second kappa shape index (κ2) is 7.91. The number of phenols is 1. The minimum atomic E-state index is -4.60. The number of aliphatic imine (C=N–C) groups is 1. The van der Waals surface area contributed by atoms with Crippen LogP contribution in [0.1, 0.15) is 11.1 Å². The zero-order valence-corrected chi connectivity index (χ0v) is 17.4. The van der Waals surface area contributed by atoms with Crippen LogP contribution in [0.5, 0.6) is 5.75 Å². The fraction of sp³-hybridized carbons (Fsp3) is 0.0455. The molecule has 1 aliphatic rings. The van der Waals surface area contributed by atoms with E-state index in [4.69, 9.17) is 11.5 Å². The van der Waals surface area contributed by atoms with Crippen molar-refractivity contribution in [2.75, 3.05) is 11.5 Å². The summed E-state index contributed by atoms with van der Waals surface area (Å²) < 4.78 is 34.1. The molecule has 0 saturated carbocycles. The SMILES string of the molecule is Nc1ccc(C2(c3ccccc3)C=C(N=Nc3ccc(O)cc3N)C=N2)c(S(=O)(=O)O)c1. The smallest absolute Gasteiger partial charge is 0.294 e. The van der Waals surface area contributed by atoms with Gasteiger partial charge in [-0.1, -0.05) is 36.4 Å². The summed E-state index contributed by atoms with van der Waals surface area (Å²) in [6.07, 6.45) is 3.10. The summed E-state index contributed by atoms with van der Waals surface area (Å²) in [5, 5.41) is 17.8. The van der Waals surface area contributed by atoms with Crippen LogP contribution in [0.15, 0.2) is 98.6 Å². The molecule has 32 heavy (non-hydrogen) atoms. The van der Waals surface area contributed by atoms with Gasteiger partial charge >= 0.3 is 0 Å². The summed E-state index contributed by atoms with van der Waals surface area (Å²) in [6.45, 7) is 0. The standard InChI is InChI=1S/C22H19N5O4S/c23-15-6-8-18(21(10-15)32(29,30)31)22(14-4-2-1-3-5-14)12-16(13-25-22)26-27-20-9-7-17(28)11-19(20)24/h1-13,28H,23-24H2,(H,29,30,31). The lowest BCUT2D eigenvalue weighted by atomic mass is 9.83. The molecule has 0 bridgehead atoms. The molecule has 1 atom stereocenters. The van der Waals surface area contributed by atoms with E-state index in [9.17, 15) is 18.1 Å². The molecule has 1 heterocycles. The number of hydrogen-bond donors (Lipinski definition) is 4. The highest BCUT2D eigenvalue weighted by molar-refractivity contribution is 7.85. The lowest BCUT2D eigenvalue weighted by molar-refractivity contribution is 0.475. The molecule has 6 N–H and O–H groups in total. The number of benzene rings is 3. The van der Waals surface area contributed by atoms with E-state index in [1.165, 1.54) is 42.6 Å². The van der Waals surface area contributed by atoms with Gasteiger partial charge in [0, 0.05) is 17.3 Å². The highest BCUT2D eigenvalue weighted by Gasteiger charge is 2.39. The van der Waals surface area contributed by atoms with Crippen molar-refractivity contribution in [2.24, 2.45) is 15.2 Å². The molecule has 9 nitrogen and oxygen atoms in total. The average molecular weight is 449 g/mol. The number of rotatable bonds is 5. The van der Waals surface area contributed by atoms with Gasteiger partial charge < -0.3 is 16.6 Å². The van der Waals surface area contributed by atoms with Gasteiger partial charge in [0.15, 0.2) is 0 Å². The summed E-state index contributed by atoms with van der Waals surface area (Å²) in [4.78, 5) is 4.23. The molecular formula is C22H19N5O4S. The molecule has 1 unspecified atom stereocenters. The fourth-order valence-electron chi connectivity index (χ4n) is 3.48. The Labute approximate surface area is 184 Å². The Bertz CT molecular complexity index is 1380. The first-order valence-electron chi connectivity index (χ1n) is 9.40. The predicted octanol–water partition coefficient (Wildman–Crippen LogP) is 3.80. The Morgan fingerprint density at radius 3 is 2.38 bits per heavy atom. The molecule has 0 fully saturated rings. The van der Waals surface area contributed by atoms with Crippen molar-refractivity contribution < 1.29 is 18.1 Å². The van der Waals surface area contributed by atoms with Gasteiger partial charge in [0.1, 0.15) is 27.6 Å². The maximum Gasteiger partial charge on any atom is 0.294 e. The molecule has 0 aromatic heterocycles. The van der Waals surface area contributed by atoms with Gasteiger partial charge in [0.05, 0.1) is 11.9 Å². The first-order chi connectivity index (χ1) is 15.2. The molecule has 10 heteroatoms. The normalized spacial score (nSPS) is 18.2. The number of phenolic OH excluding ortho intramolecular Hbond substituents is 1. The third-order valence-corrected chi connectivity index (χ3v) is 5.84. The molecule has 0 amide bonds. The van der Waals surface area contributed by atoms with Gasteiger partial charge in [0.2, 0.25) is 0 Å². The summed E-state index contributed by atoms with van der Waals surface area (Å²) in [5.74, 6) is 0.00674. The second-order valence-electron chi connectivity index (χ2n) is 7.13. The van der Waals surface area contributed by atoms with Crippen molar-refractivity contribution >= 4 is 33.4 Å². The number of azo groups is 1. The summed E-state index contributed by atoms with van der Waals surface area (Å²) in [6, 6.07) is 17.5. The summed E-state index contributed by atoms with van der Waals surface area (Å²) >= 11 is 0. The Morgan fingerprint density at radius 1 is 0.938 bits per heavy atom. The van der Waals surface area contributed by atoms with Crippen LogP contribution in [-0.4, -0.2) is 24.3 Å². The van der Waals surface area contributed by atoms with Gasteiger partial charge in [-0.05, 0) is 35.9 Å². The highest BCUT2D eigenvalue weighted by atomic mass is 32.2. The molecule has 0 aliphatic carbocycles. The Kier molecular flexibility index (Phi) is 5.25. The van der Waals surface area contributed by atoms with E-state index >= 15 is 0 Å². The zero-order valence-electron chi connectivity index (χ0n) is 16.6. The molecule has 0 spiro atoms. The Balaban J connectivity index is 1.87. The average Bonchev–Trinajstić information content (AvgIpc) is 3.18. The van der Waals surface area contributed by atoms with Gasteiger partial charge in [-0.15, -0.1) is 10.2 Å². The molecule has 4 rings (SSSR count). The van der Waals surface area contributed by atoms with Crippen LogP contribution in [0.3, 0.4) is 0 Å². The fourth-order valence-corrected chi connectivity index (χ4v) is 4.26. The van der Waals surface area contributed by atoms with Crippen molar-refractivity contribution in [3.05, 3.63) is 89.6 Å². The predicted molar refractivity (Wildman–Crippen MR) is 122 cm³/mol. The minimum absolute atomic E-state index is 0.00674. The van der Waals surface area contributed by atoms with E-state index in [1.54, 1.807) is 30.3 Å². The van der Waals surface area contributed by atoms with Crippen LogP contribution in [0.4, 0.5) is 17.1 Å². The first kappa shape index (κ1) is 21.2. The van der Waals surface area contributed by atoms with Crippen LogP contribution in [0.2, 0.25) is 0 Å². The number of hydrogen-bond acceptors (Lipinski definition) is 8. The summed E-state index contributed by atoms with van der Waals surface area (Å²) in [7, 11) is -4.60. The third-order valence-electron chi connectivity index (χ3n) is 4.95. The number of nitrogens with zero attached hydrogens (tertiary/aromatic N) is 3. The van der Waals surface area contributed by atoms with Gasteiger partial charge in [-0.2, -0.15) is 8.42 Å². The number of anilines is 2. The third kappa shape index (κ3) is 3.96. The first-order valence-corrected chi connectivity index (χ1v) is 10.8. The second-order valence-corrected chi connectivity index (χ2v) is 8.52. The molecule has 3 aromatic carbocycles. The van der Waals surface area contributed by atoms with Crippen molar-refractivity contribution in [3.8, 4) is 5.75 Å².